The second-order valence-corrected chi connectivity index (χ2v) is 5.24. The van der Waals surface area contributed by atoms with Crippen LogP contribution in [0.3, 0.4) is 0 Å². The molecule has 1 heterocycles. The van der Waals surface area contributed by atoms with Crippen molar-refractivity contribution in [2.75, 3.05) is 26.7 Å². The fourth-order valence-corrected chi connectivity index (χ4v) is 2.52. The van der Waals surface area contributed by atoms with E-state index in [0.717, 1.165) is 38.1 Å². The van der Waals surface area contributed by atoms with Crippen molar-refractivity contribution >= 4 is 18.3 Å². The molecular formula is C15H20ClF3N2O2. The van der Waals surface area contributed by atoms with E-state index in [-0.39, 0.29) is 30.8 Å². The predicted octanol–water partition coefficient (Wildman–Crippen LogP) is 2.72. The third-order valence-corrected chi connectivity index (χ3v) is 3.75. The number of nitrogens with one attached hydrogen (secondary N) is 2. The standard InChI is InChI=1S/C15H19F3N2O2.ClH/c1-19-14(21)9-22-13-3-2-11(15(16,17)18)8-12(13)10-4-6-20-7-5-10;/h2-3,8,10,20H,4-7,9H2,1H3,(H,19,21);1H. The first-order valence-electron chi connectivity index (χ1n) is 7.17. The molecule has 0 unspecified atom stereocenters. The van der Waals surface area contributed by atoms with Gasteiger partial charge in [-0.2, -0.15) is 13.2 Å². The van der Waals surface area contributed by atoms with Gasteiger partial charge in [0.15, 0.2) is 6.61 Å². The first kappa shape index (κ1) is 19.6. The molecule has 1 aromatic carbocycles. The first-order chi connectivity index (χ1) is 10.4. The number of rotatable bonds is 4. The molecule has 0 spiro atoms. The Bertz CT molecular complexity index is 532. The summed E-state index contributed by atoms with van der Waals surface area (Å²) in [6, 6.07) is 3.45. The van der Waals surface area contributed by atoms with Gasteiger partial charge in [0.25, 0.3) is 5.91 Å². The van der Waals surface area contributed by atoms with Crippen LogP contribution >= 0.6 is 12.4 Å². The Labute approximate surface area is 139 Å². The molecule has 0 radical (unpaired) electrons. The topological polar surface area (TPSA) is 50.4 Å². The molecule has 1 aromatic rings. The lowest BCUT2D eigenvalue weighted by Gasteiger charge is -2.25. The zero-order valence-electron chi connectivity index (χ0n) is 12.7. The molecule has 8 heteroatoms. The third kappa shape index (κ3) is 5.28. The Morgan fingerprint density at radius 1 is 1.35 bits per heavy atom. The third-order valence-electron chi connectivity index (χ3n) is 3.75. The maximum atomic E-state index is 12.9. The van der Waals surface area contributed by atoms with Crippen LogP contribution in [0.5, 0.6) is 5.75 Å². The van der Waals surface area contributed by atoms with E-state index in [1.54, 1.807) is 0 Å². The Morgan fingerprint density at radius 3 is 2.57 bits per heavy atom. The van der Waals surface area contributed by atoms with Crippen molar-refractivity contribution in [3.8, 4) is 5.75 Å². The molecule has 2 N–H and O–H groups in total. The van der Waals surface area contributed by atoms with E-state index < -0.39 is 11.7 Å². The van der Waals surface area contributed by atoms with Crippen LogP contribution in [0, 0.1) is 0 Å². The summed E-state index contributed by atoms with van der Waals surface area (Å²) in [5, 5.41) is 5.60. The predicted molar refractivity (Wildman–Crippen MR) is 83.1 cm³/mol. The molecule has 2 rings (SSSR count). The van der Waals surface area contributed by atoms with Crippen LogP contribution in [0.25, 0.3) is 0 Å². The molecule has 0 atom stereocenters. The van der Waals surface area contributed by atoms with E-state index in [4.69, 9.17) is 4.74 Å². The quantitative estimate of drug-likeness (QED) is 0.876. The highest BCUT2D eigenvalue weighted by Crippen LogP contribution is 2.38. The van der Waals surface area contributed by atoms with E-state index in [2.05, 4.69) is 10.6 Å². The van der Waals surface area contributed by atoms with Gasteiger partial charge in [-0.15, -0.1) is 12.4 Å². The molecule has 1 amide bonds. The van der Waals surface area contributed by atoms with Crippen molar-refractivity contribution in [2.24, 2.45) is 0 Å². The Balaban J connectivity index is 0.00000264. The van der Waals surface area contributed by atoms with E-state index in [0.29, 0.717) is 11.3 Å². The highest BCUT2D eigenvalue weighted by molar-refractivity contribution is 5.85. The summed E-state index contributed by atoms with van der Waals surface area (Å²) in [4.78, 5) is 11.3. The highest BCUT2D eigenvalue weighted by Gasteiger charge is 2.32. The van der Waals surface area contributed by atoms with Crippen molar-refractivity contribution in [3.63, 3.8) is 0 Å². The minimum absolute atomic E-state index is 0. The van der Waals surface area contributed by atoms with Crippen molar-refractivity contribution < 1.29 is 22.7 Å². The van der Waals surface area contributed by atoms with E-state index >= 15 is 0 Å². The van der Waals surface area contributed by atoms with Crippen LogP contribution in [-0.2, 0) is 11.0 Å². The number of amides is 1. The minimum atomic E-state index is -4.39. The molecular weight excluding hydrogens is 333 g/mol. The summed E-state index contributed by atoms with van der Waals surface area (Å²) in [7, 11) is 1.48. The summed E-state index contributed by atoms with van der Waals surface area (Å²) in [6.07, 6.45) is -2.89. The SMILES string of the molecule is CNC(=O)COc1ccc(C(F)(F)F)cc1C1CCNCC1.Cl. The fraction of sp³-hybridized carbons (Fsp3) is 0.533. The normalized spacial score (nSPS) is 15.7. The highest BCUT2D eigenvalue weighted by atomic mass is 35.5. The lowest BCUT2D eigenvalue weighted by atomic mass is 9.88. The van der Waals surface area contributed by atoms with Crippen LogP contribution in [-0.4, -0.2) is 32.7 Å². The maximum absolute atomic E-state index is 12.9. The molecule has 23 heavy (non-hydrogen) atoms. The monoisotopic (exact) mass is 352 g/mol. The average Bonchev–Trinajstić information content (AvgIpc) is 2.52. The average molecular weight is 353 g/mol. The minimum Gasteiger partial charge on any atom is -0.483 e. The van der Waals surface area contributed by atoms with Crippen LogP contribution in [0.1, 0.15) is 29.9 Å². The number of piperidine rings is 1. The molecule has 1 aliphatic heterocycles. The molecule has 1 aliphatic rings. The summed E-state index contributed by atoms with van der Waals surface area (Å²) in [6.45, 7) is 1.31. The van der Waals surface area contributed by atoms with Crippen molar-refractivity contribution in [1.29, 1.82) is 0 Å². The van der Waals surface area contributed by atoms with Crippen molar-refractivity contribution in [2.45, 2.75) is 24.9 Å². The number of hydrogen-bond acceptors (Lipinski definition) is 3. The number of alkyl halides is 3. The molecule has 1 saturated heterocycles. The van der Waals surface area contributed by atoms with Gasteiger partial charge in [0.05, 0.1) is 5.56 Å². The van der Waals surface area contributed by atoms with E-state index in [1.165, 1.54) is 13.1 Å². The number of ether oxygens (including phenoxy) is 1. The molecule has 0 bridgehead atoms. The van der Waals surface area contributed by atoms with Gasteiger partial charge in [-0.25, -0.2) is 0 Å². The number of likely N-dealkylation sites (N-methyl/N-ethyl adjacent to an activating group) is 1. The van der Waals surface area contributed by atoms with Gasteiger partial charge in [0.1, 0.15) is 5.75 Å². The van der Waals surface area contributed by atoms with Crippen molar-refractivity contribution in [1.82, 2.24) is 10.6 Å². The van der Waals surface area contributed by atoms with Crippen LogP contribution in [0.2, 0.25) is 0 Å². The first-order valence-corrected chi connectivity index (χ1v) is 7.17. The Morgan fingerprint density at radius 2 is 2.00 bits per heavy atom. The Hall–Kier alpha value is -1.47. The van der Waals surface area contributed by atoms with Crippen molar-refractivity contribution in [3.05, 3.63) is 29.3 Å². The lowest BCUT2D eigenvalue weighted by Crippen LogP contribution is -2.28. The summed E-state index contributed by atoms with van der Waals surface area (Å²) < 4.78 is 44.2. The molecule has 1 fully saturated rings. The zero-order valence-corrected chi connectivity index (χ0v) is 13.5. The van der Waals surface area contributed by atoms with Gasteiger partial charge in [0.2, 0.25) is 0 Å². The number of hydrogen-bond donors (Lipinski definition) is 2. The van der Waals surface area contributed by atoms with Gasteiger partial charge in [-0.05, 0) is 55.6 Å². The maximum Gasteiger partial charge on any atom is 0.416 e. The molecule has 0 aromatic heterocycles. The fourth-order valence-electron chi connectivity index (χ4n) is 2.52. The number of carbonyl (C=O) groups excluding carboxylic acids is 1. The van der Waals surface area contributed by atoms with E-state index in [1.807, 2.05) is 0 Å². The number of benzene rings is 1. The van der Waals surface area contributed by atoms with Gasteiger partial charge in [-0.1, -0.05) is 0 Å². The Kier molecular flexibility index (Phi) is 7.15. The zero-order chi connectivity index (χ0) is 16.2. The van der Waals surface area contributed by atoms with Crippen LogP contribution < -0.4 is 15.4 Å². The molecule has 0 saturated carbocycles. The summed E-state index contributed by atoms with van der Waals surface area (Å²) in [5.41, 5.74) is -0.159. The van der Waals surface area contributed by atoms with Gasteiger partial charge < -0.3 is 15.4 Å². The number of carbonyl (C=O) groups is 1. The van der Waals surface area contributed by atoms with Gasteiger partial charge in [-0.3, -0.25) is 4.79 Å². The van der Waals surface area contributed by atoms with Crippen LogP contribution in [0.4, 0.5) is 13.2 Å². The van der Waals surface area contributed by atoms with Gasteiger partial charge in [0, 0.05) is 7.05 Å². The summed E-state index contributed by atoms with van der Waals surface area (Å²) in [5.74, 6) is 0.0305. The number of halogens is 4. The second kappa shape index (κ2) is 8.40. The van der Waals surface area contributed by atoms with E-state index in [9.17, 15) is 18.0 Å². The second-order valence-electron chi connectivity index (χ2n) is 5.24. The smallest absolute Gasteiger partial charge is 0.416 e. The van der Waals surface area contributed by atoms with Crippen LogP contribution in [0.15, 0.2) is 18.2 Å². The summed E-state index contributed by atoms with van der Waals surface area (Å²) >= 11 is 0. The lowest BCUT2D eigenvalue weighted by molar-refractivity contribution is -0.137. The van der Waals surface area contributed by atoms with Gasteiger partial charge >= 0.3 is 6.18 Å². The largest absolute Gasteiger partial charge is 0.483 e. The molecule has 4 nitrogen and oxygen atoms in total. The molecule has 130 valence electrons. The molecule has 0 aliphatic carbocycles.